The summed E-state index contributed by atoms with van der Waals surface area (Å²) in [7, 11) is -1.31. The molecule has 0 amide bonds. The molecule has 0 spiro atoms. The molecule has 2 aromatic rings. The summed E-state index contributed by atoms with van der Waals surface area (Å²) in [6.45, 7) is 7.24. The largest absolute Gasteiger partial charge is 0.376 e. The van der Waals surface area contributed by atoms with Crippen LogP contribution in [0.5, 0.6) is 0 Å². The van der Waals surface area contributed by atoms with E-state index in [9.17, 15) is 8.78 Å². The summed E-state index contributed by atoms with van der Waals surface area (Å²) in [5, 5.41) is 4.19. The second-order valence-electron chi connectivity index (χ2n) is 6.04. The van der Waals surface area contributed by atoms with Crippen molar-refractivity contribution in [2.24, 2.45) is 0 Å². The third-order valence-corrected chi connectivity index (χ3v) is 5.82. The summed E-state index contributed by atoms with van der Waals surface area (Å²) in [4.78, 5) is 0. The average molecular weight is 370 g/mol. The smallest absolute Gasteiger partial charge is 0.150 e. The summed E-state index contributed by atoms with van der Waals surface area (Å²) < 4.78 is 27.8. The fraction of sp³-hybridized carbons (Fsp3) is 0.250. The van der Waals surface area contributed by atoms with E-state index < -0.39 is 19.7 Å². The van der Waals surface area contributed by atoms with E-state index in [1.807, 2.05) is 12.1 Å². The maximum Gasteiger partial charge on any atom is 0.150 e. The van der Waals surface area contributed by atoms with Crippen molar-refractivity contribution in [3.8, 4) is 0 Å². The Morgan fingerprint density at radius 2 is 1.52 bits per heavy atom. The Morgan fingerprint density at radius 1 is 1.00 bits per heavy atom. The molecule has 0 aromatic heterocycles. The molecule has 0 aliphatic rings. The molecule has 2 aromatic carbocycles. The van der Waals surface area contributed by atoms with E-state index in [2.05, 4.69) is 53.0 Å². The molecule has 0 heterocycles. The van der Waals surface area contributed by atoms with Crippen LogP contribution >= 0.6 is 15.9 Å². The standard InChI is InChI=1S/C16H18BrF2NSi/c1-21(2,3)13-6-4-11(5-7-13)10-20-16-14(18)8-12(17)9-15(16)19/h4-9,20H,10H2,1-3H3. The van der Waals surface area contributed by atoms with Crippen LogP contribution < -0.4 is 10.5 Å². The molecular weight excluding hydrogens is 352 g/mol. The summed E-state index contributed by atoms with van der Waals surface area (Å²) in [6, 6.07) is 10.7. The topological polar surface area (TPSA) is 12.0 Å². The number of nitrogens with one attached hydrogen (secondary N) is 1. The van der Waals surface area contributed by atoms with E-state index in [1.165, 1.54) is 17.3 Å². The highest BCUT2D eigenvalue weighted by molar-refractivity contribution is 9.10. The van der Waals surface area contributed by atoms with Gasteiger partial charge in [-0.2, -0.15) is 0 Å². The third kappa shape index (κ3) is 4.14. The van der Waals surface area contributed by atoms with Gasteiger partial charge >= 0.3 is 0 Å². The predicted octanol–water partition coefficient (Wildman–Crippen LogP) is 4.88. The molecule has 0 unspecified atom stereocenters. The second-order valence-corrected chi connectivity index (χ2v) is 12.0. The molecule has 0 aliphatic carbocycles. The Balaban J connectivity index is 2.10. The fourth-order valence-electron chi connectivity index (χ4n) is 2.02. The van der Waals surface area contributed by atoms with Gasteiger partial charge in [-0.1, -0.05) is 65.0 Å². The predicted molar refractivity (Wildman–Crippen MR) is 90.8 cm³/mol. The number of hydrogen-bond donors (Lipinski definition) is 1. The highest BCUT2D eigenvalue weighted by atomic mass is 79.9. The second kappa shape index (κ2) is 6.28. The van der Waals surface area contributed by atoms with E-state index >= 15 is 0 Å². The van der Waals surface area contributed by atoms with Crippen molar-refractivity contribution >= 4 is 34.9 Å². The number of hydrogen-bond acceptors (Lipinski definition) is 1. The molecular formula is C16H18BrF2NSi. The lowest BCUT2D eigenvalue weighted by Crippen LogP contribution is -2.37. The van der Waals surface area contributed by atoms with Crippen molar-refractivity contribution in [2.75, 3.05) is 5.32 Å². The van der Waals surface area contributed by atoms with E-state index in [0.29, 0.717) is 11.0 Å². The summed E-state index contributed by atoms with van der Waals surface area (Å²) in [5.74, 6) is -1.19. The van der Waals surface area contributed by atoms with Crippen LogP contribution in [0.3, 0.4) is 0 Å². The van der Waals surface area contributed by atoms with Crippen LogP contribution in [-0.4, -0.2) is 8.07 Å². The molecule has 0 radical (unpaired) electrons. The first-order valence-electron chi connectivity index (χ1n) is 6.75. The van der Waals surface area contributed by atoms with Gasteiger partial charge < -0.3 is 5.32 Å². The molecule has 1 nitrogen and oxygen atoms in total. The van der Waals surface area contributed by atoms with Gasteiger partial charge in [0.15, 0.2) is 0 Å². The van der Waals surface area contributed by atoms with Crippen molar-refractivity contribution in [3.63, 3.8) is 0 Å². The van der Waals surface area contributed by atoms with Gasteiger partial charge in [0, 0.05) is 11.0 Å². The lowest BCUT2D eigenvalue weighted by atomic mass is 10.2. The molecule has 0 aliphatic heterocycles. The summed E-state index contributed by atoms with van der Waals surface area (Å²) in [6.07, 6.45) is 0. The van der Waals surface area contributed by atoms with Crippen molar-refractivity contribution in [2.45, 2.75) is 26.2 Å². The van der Waals surface area contributed by atoms with E-state index in [-0.39, 0.29) is 5.69 Å². The van der Waals surface area contributed by atoms with Gasteiger partial charge in [0.1, 0.15) is 17.3 Å². The molecule has 5 heteroatoms. The lowest BCUT2D eigenvalue weighted by Gasteiger charge is -2.17. The van der Waals surface area contributed by atoms with Crippen molar-refractivity contribution in [1.29, 1.82) is 0 Å². The molecule has 0 saturated heterocycles. The zero-order chi connectivity index (χ0) is 15.6. The van der Waals surface area contributed by atoms with E-state index in [0.717, 1.165) is 5.56 Å². The van der Waals surface area contributed by atoms with Crippen LogP contribution in [0, 0.1) is 11.6 Å². The van der Waals surface area contributed by atoms with E-state index in [4.69, 9.17) is 0 Å². The van der Waals surface area contributed by atoms with Gasteiger partial charge in [0.05, 0.1) is 8.07 Å². The van der Waals surface area contributed by atoms with Crippen LogP contribution in [0.15, 0.2) is 40.9 Å². The molecule has 0 fully saturated rings. The minimum atomic E-state index is -1.31. The van der Waals surface area contributed by atoms with Gasteiger partial charge in [-0.3, -0.25) is 0 Å². The first-order chi connectivity index (χ1) is 9.77. The minimum absolute atomic E-state index is 0.0903. The van der Waals surface area contributed by atoms with Gasteiger partial charge in [0.25, 0.3) is 0 Å². The maximum absolute atomic E-state index is 13.7. The van der Waals surface area contributed by atoms with Gasteiger partial charge in [-0.25, -0.2) is 8.78 Å². The van der Waals surface area contributed by atoms with E-state index in [1.54, 1.807) is 0 Å². The minimum Gasteiger partial charge on any atom is -0.376 e. The highest BCUT2D eigenvalue weighted by Gasteiger charge is 2.15. The summed E-state index contributed by atoms with van der Waals surface area (Å²) >= 11 is 3.07. The van der Waals surface area contributed by atoms with Crippen LogP contribution in [-0.2, 0) is 6.54 Å². The van der Waals surface area contributed by atoms with Crippen molar-refractivity contribution in [1.82, 2.24) is 0 Å². The Morgan fingerprint density at radius 3 is 2.00 bits per heavy atom. The Kier molecular flexibility index (Phi) is 4.83. The number of halogens is 3. The molecule has 2 rings (SSSR count). The molecule has 21 heavy (non-hydrogen) atoms. The molecule has 0 bridgehead atoms. The van der Waals surface area contributed by atoms with Crippen molar-refractivity contribution < 1.29 is 8.78 Å². The lowest BCUT2D eigenvalue weighted by molar-refractivity contribution is 0.586. The van der Waals surface area contributed by atoms with Crippen LogP contribution in [0.4, 0.5) is 14.5 Å². The number of anilines is 1. The van der Waals surface area contributed by atoms with Crippen molar-refractivity contribution in [3.05, 3.63) is 58.1 Å². The first kappa shape index (κ1) is 16.2. The monoisotopic (exact) mass is 369 g/mol. The normalized spacial score (nSPS) is 11.5. The van der Waals surface area contributed by atoms with Gasteiger partial charge in [-0.05, 0) is 17.7 Å². The highest BCUT2D eigenvalue weighted by Crippen LogP contribution is 2.24. The first-order valence-corrected chi connectivity index (χ1v) is 11.0. The maximum atomic E-state index is 13.7. The Labute approximate surface area is 133 Å². The Hall–Kier alpha value is -1.20. The fourth-order valence-corrected chi connectivity index (χ4v) is 3.59. The average Bonchev–Trinajstić information content (AvgIpc) is 2.37. The molecule has 1 N–H and O–H groups in total. The van der Waals surface area contributed by atoms with Gasteiger partial charge in [0.2, 0.25) is 0 Å². The van der Waals surface area contributed by atoms with Crippen LogP contribution in [0.1, 0.15) is 5.56 Å². The third-order valence-electron chi connectivity index (χ3n) is 3.30. The Bertz CT molecular complexity index is 613. The number of benzene rings is 2. The van der Waals surface area contributed by atoms with Crippen LogP contribution in [0.2, 0.25) is 19.6 Å². The molecule has 0 saturated carbocycles. The van der Waals surface area contributed by atoms with Crippen LogP contribution in [0.25, 0.3) is 0 Å². The SMILES string of the molecule is C[Si](C)(C)c1ccc(CNc2c(F)cc(Br)cc2F)cc1. The van der Waals surface area contributed by atoms with Gasteiger partial charge in [-0.15, -0.1) is 0 Å². The molecule has 0 atom stereocenters. The summed E-state index contributed by atoms with van der Waals surface area (Å²) in [5.41, 5.74) is 0.909. The quantitative estimate of drug-likeness (QED) is 0.756. The zero-order valence-electron chi connectivity index (χ0n) is 12.3. The number of rotatable bonds is 4. The molecule has 112 valence electrons. The zero-order valence-corrected chi connectivity index (χ0v) is 14.9.